The molecule has 2 aliphatic carbocycles. The van der Waals surface area contributed by atoms with Gasteiger partial charge in [-0.25, -0.2) is 16.8 Å². The molecule has 7 nitrogen and oxygen atoms in total. The van der Waals surface area contributed by atoms with Crippen molar-refractivity contribution in [1.29, 1.82) is 0 Å². The SMILES string of the molecule is CCN(C1CCC(S(=O)(=O)C2CCC3OCCOC3C2)C(C)C1)S(C)(=O)=O. The minimum atomic E-state index is -3.28. The number of ether oxygens (including phenoxy) is 2. The molecule has 0 aromatic heterocycles. The Morgan fingerprint density at radius 3 is 2.19 bits per heavy atom. The van der Waals surface area contributed by atoms with Crippen molar-refractivity contribution in [2.45, 2.75) is 81.1 Å². The first kappa shape index (κ1) is 21.5. The van der Waals surface area contributed by atoms with E-state index in [4.69, 9.17) is 9.47 Å². The Kier molecular flexibility index (Phi) is 6.57. The number of hydrogen-bond donors (Lipinski definition) is 0. The highest BCUT2D eigenvalue weighted by molar-refractivity contribution is 7.92. The Hall–Kier alpha value is -0.220. The van der Waals surface area contributed by atoms with Crippen LogP contribution in [0.2, 0.25) is 0 Å². The predicted octanol–water partition coefficient (Wildman–Crippen LogP) is 1.58. The van der Waals surface area contributed by atoms with E-state index in [2.05, 4.69) is 0 Å². The van der Waals surface area contributed by atoms with Gasteiger partial charge < -0.3 is 9.47 Å². The highest BCUT2D eigenvalue weighted by Gasteiger charge is 2.46. The van der Waals surface area contributed by atoms with Crippen LogP contribution in [0.1, 0.15) is 52.4 Å². The summed E-state index contributed by atoms with van der Waals surface area (Å²) in [5, 5.41) is -0.764. The Bertz CT molecular complexity index is 722. The first-order valence-corrected chi connectivity index (χ1v) is 13.5. The van der Waals surface area contributed by atoms with Gasteiger partial charge in [-0.1, -0.05) is 13.8 Å². The van der Waals surface area contributed by atoms with Crippen molar-refractivity contribution in [3.8, 4) is 0 Å². The maximum absolute atomic E-state index is 13.3. The molecule has 3 rings (SSSR count). The zero-order valence-electron chi connectivity index (χ0n) is 16.5. The third-order valence-electron chi connectivity index (χ3n) is 6.52. The summed E-state index contributed by atoms with van der Waals surface area (Å²) in [5.74, 6) is -0.0502. The molecule has 6 atom stereocenters. The number of nitrogens with zero attached hydrogens (tertiary/aromatic N) is 1. The Balaban J connectivity index is 1.68. The van der Waals surface area contributed by atoms with Gasteiger partial charge in [0, 0.05) is 12.6 Å². The van der Waals surface area contributed by atoms with Crippen molar-refractivity contribution in [1.82, 2.24) is 4.31 Å². The molecule has 1 aliphatic heterocycles. The molecule has 0 aromatic carbocycles. The van der Waals surface area contributed by atoms with Crippen molar-refractivity contribution in [3.63, 3.8) is 0 Å². The van der Waals surface area contributed by atoms with E-state index < -0.39 is 25.1 Å². The molecule has 0 spiro atoms. The fourth-order valence-corrected chi connectivity index (χ4v) is 9.07. The highest BCUT2D eigenvalue weighted by Crippen LogP contribution is 2.38. The fourth-order valence-electron chi connectivity index (χ4n) is 5.23. The summed E-state index contributed by atoms with van der Waals surface area (Å²) in [7, 11) is -6.55. The van der Waals surface area contributed by atoms with Gasteiger partial charge in [-0.05, 0) is 44.4 Å². The summed E-state index contributed by atoms with van der Waals surface area (Å²) in [6.45, 7) is 5.34. The molecule has 1 heterocycles. The van der Waals surface area contributed by atoms with Gasteiger partial charge in [0.15, 0.2) is 9.84 Å². The van der Waals surface area contributed by atoms with Gasteiger partial charge in [0.25, 0.3) is 0 Å². The van der Waals surface area contributed by atoms with Gasteiger partial charge in [0.05, 0.1) is 42.2 Å². The van der Waals surface area contributed by atoms with E-state index in [0.29, 0.717) is 51.9 Å². The Labute approximate surface area is 163 Å². The van der Waals surface area contributed by atoms with Crippen LogP contribution in [-0.2, 0) is 29.3 Å². The lowest BCUT2D eigenvalue weighted by Gasteiger charge is -2.42. The Morgan fingerprint density at radius 1 is 0.926 bits per heavy atom. The number of fused-ring (bicyclic) bond motifs is 1. The number of hydrogen-bond acceptors (Lipinski definition) is 6. The summed E-state index contributed by atoms with van der Waals surface area (Å²) in [4.78, 5) is 0. The third kappa shape index (κ3) is 4.52. The second kappa shape index (κ2) is 8.26. The number of sulfonamides is 1. The van der Waals surface area contributed by atoms with Gasteiger partial charge in [-0.2, -0.15) is 4.31 Å². The van der Waals surface area contributed by atoms with E-state index >= 15 is 0 Å². The van der Waals surface area contributed by atoms with Crippen molar-refractivity contribution in [3.05, 3.63) is 0 Å². The third-order valence-corrected chi connectivity index (χ3v) is 10.8. The second-order valence-corrected chi connectivity index (χ2v) is 12.7. The Morgan fingerprint density at radius 2 is 1.59 bits per heavy atom. The largest absolute Gasteiger partial charge is 0.373 e. The summed E-state index contributed by atoms with van der Waals surface area (Å²) < 4.78 is 63.7. The average Bonchev–Trinajstić information content (AvgIpc) is 2.60. The van der Waals surface area contributed by atoms with E-state index in [9.17, 15) is 16.8 Å². The van der Waals surface area contributed by atoms with Gasteiger partial charge in [0.2, 0.25) is 10.0 Å². The summed E-state index contributed by atoms with van der Waals surface area (Å²) in [5.41, 5.74) is 0. The van der Waals surface area contributed by atoms with Crippen LogP contribution in [-0.4, -0.2) is 75.9 Å². The quantitative estimate of drug-likeness (QED) is 0.667. The van der Waals surface area contributed by atoms with E-state index in [-0.39, 0.29) is 29.4 Å². The molecule has 0 bridgehead atoms. The van der Waals surface area contributed by atoms with E-state index in [1.54, 1.807) is 0 Å². The van der Waals surface area contributed by atoms with Crippen LogP contribution in [0.4, 0.5) is 0 Å². The van der Waals surface area contributed by atoms with Crippen LogP contribution in [0.3, 0.4) is 0 Å². The van der Waals surface area contributed by atoms with Gasteiger partial charge in [-0.15, -0.1) is 0 Å². The molecular formula is C18H33NO6S2. The maximum Gasteiger partial charge on any atom is 0.211 e. The summed E-state index contributed by atoms with van der Waals surface area (Å²) in [6.07, 6.45) is 4.77. The topological polar surface area (TPSA) is 90.0 Å². The predicted molar refractivity (Wildman–Crippen MR) is 104 cm³/mol. The average molecular weight is 424 g/mol. The van der Waals surface area contributed by atoms with Crippen LogP contribution < -0.4 is 0 Å². The van der Waals surface area contributed by atoms with Gasteiger partial charge >= 0.3 is 0 Å². The maximum atomic E-state index is 13.3. The van der Waals surface area contributed by atoms with Crippen LogP contribution in [0.5, 0.6) is 0 Å². The van der Waals surface area contributed by atoms with Crippen molar-refractivity contribution >= 4 is 19.9 Å². The van der Waals surface area contributed by atoms with Crippen LogP contribution in [0, 0.1) is 5.92 Å². The van der Waals surface area contributed by atoms with Crippen LogP contribution in [0.15, 0.2) is 0 Å². The van der Waals surface area contributed by atoms with Crippen LogP contribution >= 0.6 is 0 Å². The first-order valence-electron chi connectivity index (χ1n) is 10.1. The fraction of sp³-hybridized carbons (Fsp3) is 1.00. The molecule has 158 valence electrons. The minimum Gasteiger partial charge on any atom is -0.373 e. The molecule has 3 fully saturated rings. The molecule has 1 saturated heterocycles. The molecule has 0 amide bonds. The van der Waals surface area contributed by atoms with Crippen LogP contribution in [0.25, 0.3) is 0 Å². The van der Waals surface area contributed by atoms with Crippen molar-refractivity contribution < 1.29 is 26.3 Å². The van der Waals surface area contributed by atoms with Crippen molar-refractivity contribution in [2.75, 3.05) is 26.0 Å². The molecular weight excluding hydrogens is 390 g/mol. The normalized spacial score (nSPS) is 38.5. The molecule has 0 aromatic rings. The zero-order chi connectivity index (χ0) is 19.8. The molecule has 27 heavy (non-hydrogen) atoms. The molecule has 6 unspecified atom stereocenters. The molecule has 2 saturated carbocycles. The lowest BCUT2D eigenvalue weighted by atomic mass is 9.86. The monoisotopic (exact) mass is 423 g/mol. The zero-order valence-corrected chi connectivity index (χ0v) is 18.2. The smallest absolute Gasteiger partial charge is 0.211 e. The van der Waals surface area contributed by atoms with E-state index in [1.165, 1.54) is 10.6 Å². The lowest BCUT2D eigenvalue weighted by Crippen LogP contribution is -2.51. The molecule has 0 radical (unpaired) electrons. The van der Waals surface area contributed by atoms with Gasteiger partial charge in [-0.3, -0.25) is 0 Å². The molecule has 3 aliphatic rings. The molecule has 0 N–H and O–H groups in total. The summed E-state index contributed by atoms with van der Waals surface area (Å²) >= 11 is 0. The van der Waals surface area contributed by atoms with Gasteiger partial charge in [0.1, 0.15) is 0 Å². The minimum absolute atomic E-state index is 0.0335. The van der Waals surface area contributed by atoms with E-state index in [1.807, 2.05) is 13.8 Å². The number of rotatable bonds is 5. The first-order chi connectivity index (χ1) is 12.6. The molecule has 9 heteroatoms. The highest BCUT2D eigenvalue weighted by atomic mass is 32.2. The summed E-state index contributed by atoms with van der Waals surface area (Å²) in [6, 6.07) is -0.0998. The second-order valence-electron chi connectivity index (χ2n) is 8.29. The number of sulfone groups is 1. The standard InChI is InChI=1S/C18H33NO6S2/c1-4-19(26(3,20)21)14-5-8-18(13(2)11-14)27(22,23)15-6-7-16-17(12-15)25-10-9-24-16/h13-18H,4-12H2,1-3H3. The van der Waals surface area contributed by atoms with E-state index in [0.717, 1.165) is 6.42 Å². The van der Waals surface area contributed by atoms with Crippen molar-refractivity contribution in [2.24, 2.45) is 5.92 Å². The lowest BCUT2D eigenvalue weighted by molar-refractivity contribution is -0.153.